The van der Waals surface area contributed by atoms with Crippen LogP contribution in [0.15, 0.2) is 18.2 Å². The van der Waals surface area contributed by atoms with Crippen molar-refractivity contribution in [3.05, 3.63) is 29.3 Å². The van der Waals surface area contributed by atoms with Crippen LogP contribution in [-0.2, 0) is 11.3 Å². The maximum Gasteiger partial charge on any atom is 0.322 e. The molecule has 1 aromatic rings. The minimum absolute atomic E-state index is 0.0969. The minimum Gasteiger partial charge on any atom is -0.497 e. The molecular weight excluding hydrogens is 374 g/mol. The van der Waals surface area contributed by atoms with Gasteiger partial charge in [-0.05, 0) is 49.4 Å². The first-order chi connectivity index (χ1) is 13.9. The number of nitrogens with two attached hydrogens (primary N) is 1. The lowest BCUT2D eigenvalue weighted by Crippen LogP contribution is -2.62. The smallest absolute Gasteiger partial charge is 0.322 e. The Labute approximate surface area is 169 Å². The van der Waals surface area contributed by atoms with E-state index >= 15 is 0 Å². The molecule has 9 heteroatoms. The second-order valence-corrected chi connectivity index (χ2v) is 8.17. The van der Waals surface area contributed by atoms with E-state index in [0.29, 0.717) is 17.9 Å². The molecule has 4 rings (SSSR count). The van der Waals surface area contributed by atoms with Crippen molar-refractivity contribution in [1.82, 2.24) is 20.9 Å². The molecule has 0 bridgehead atoms. The lowest BCUT2D eigenvalue weighted by atomic mass is 9.90. The van der Waals surface area contributed by atoms with Gasteiger partial charge in [0, 0.05) is 30.7 Å². The van der Waals surface area contributed by atoms with E-state index in [9.17, 15) is 14.4 Å². The fraction of sp³-hybridized carbons (Fsp3) is 0.550. The van der Waals surface area contributed by atoms with Crippen molar-refractivity contribution in [2.45, 2.75) is 49.9 Å². The summed E-state index contributed by atoms with van der Waals surface area (Å²) in [4.78, 5) is 39.1. The van der Waals surface area contributed by atoms with Crippen LogP contribution >= 0.6 is 0 Å². The largest absolute Gasteiger partial charge is 0.497 e. The van der Waals surface area contributed by atoms with Crippen molar-refractivity contribution in [3.63, 3.8) is 0 Å². The number of hydrogen-bond donors (Lipinski definition) is 4. The van der Waals surface area contributed by atoms with Gasteiger partial charge in [0.2, 0.25) is 0 Å². The third-order valence-corrected chi connectivity index (χ3v) is 6.13. The predicted molar refractivity (Wildman–Crippen MR) is 105 cm³/mol. The summed E-state index contributed by atoms with van der Waals surface area (Å²) in [6, 6.07) is 5.25. The van der Waals surface area contributed by atoms with Gasteiger partial charge in [-0.3, -0.25) is 14.9 Å². The number of carbonyl (C=O) groups is 3. The van der Waals surface area contributed by atoms with Crippen molar-refractivity contribution in [1.29, 1.82) is 0 Å². The summed E-state index contributed by atoms with van der Waals surface area (Å²) in [5.41, 5.74) is 6.22. The molecule has 1 aromatic carbocycles. The van der Waals surface area contributed by atoms with Crippen LogP contribution in [0.5, 0.6) is 5.75 Å². The first-order valence-electron chi connectivity index (χ1n) is 9.99. The maximum atomic E-state index is 12.9. The molecule has 1 saturated carbocycles. The van der Waals surface area contributed by atoms with Crippen molar-refractivity contribution >= 4 is 17.8 Å². The Bertz CT molecular complexity index is 836. The first-order valence-corrected chi connectivity index (χ1v) is 9.99. The Kier molecular flexibility index (Phi) is 5.18. The van der Waals surface area contributed by atoms with Crippen molar-refractivity contribution in [3.8, 4) is 5.75 Å². The zero-order valence-electron chi connectivity index (χ0n) is 16.5. The van der Waals surface area contributed by atoms with Gasteiger partial charge in [0.1, 0.15) is 5.75 Å². The molecule has 1 aliphatic carbocycles. The normalized spacial score (nSPS) is 28.9. The Balaban J connectivity index is 1.49. The molecular formula is C20H27N5O4. The van der Waals surface area contributed by atoms with E-state index in [1.165, 1.54) is 0 Å². The minimum atomic E-state index is -1.20. The molecule has 2 heterocycles. The molecule has 0 aromatic heterocycles. The second-order valence-electron chi connectivity index (χ2n) is 8.17. The van der Waals surface area contributed by atoms with Crippen molar-refractivity contribution < 1.29 is 19.1 Å². The van der Waals surface area contributed by atoms with E-state index < -0.39 is 17.5 Å². The van der Waals surface area contributed by atoms with Gasteiger partial charge in [0.05, 0.1) is 13.7 Å². The second kappa shape index (κ2) is 7.64. The van der Waals surface area contributed by atoms with Crippen LogP contribution in [0.3, 0.4) is 0 Å². The third kappa shape index (κ3) is 3.79. The predicted octanol–water partition coefficient (Wildman–Crippen LogP) is 0.0887. The highest BCUT2D eigenvalue weighted by atomic mass is 16.5. The van der Waals surface area contributed by atoms with E-state index in [1.807, 2.05) is 6.07 Å². The maximum absolute atomic E-state index is 12.9. The molecule has 1 atom stereocenters. The van der Waals surface area contributed by atoms with Crippen LogP contribution in [-0.4, -0.2) is 60.6 Å². The van der Waals surface area contributed by atoms with Crippen LogP contribution < -0.4 is 26.4 Å². The lowest BCUT2D eigenvalue weighted by molar-refractivity contribution is -0.124. The fourth-order valence-corrected chi connectivity index (χ4v) is 4.40. The number of methoxy groups -OCH3 is 1. The van der Waals surface area contributed by atoms with E-state index in [0.717, 1.165) is 31.2 Å². The number of amides is 4. The van der Waals surface area contributed by atoms with Gasteiger partial charge in [0.15, 0.2) is 5.54 Å². The zero-order valence-corrected chi connectivity index (χ0v) is 16.5. The summed E-state index contributed by atoms with van der Waals surface area (Å²) in [6.07, 6.45) is 3.73. The Morgan fingerprint density at radius 3 is 2.66 bits per heavy atom. The number of carbonyl (C=O) groups excluding carboxylic acids is 3. The van der Waals surface area contributed by atoms with Crippen molar-refractivity contribution in [2.75, 3.05) is 20.2 Å². The molecule has 1 saturated heterocycles. The highest BCUT2D eigenvalue weighted by Crippen LogP contribution is 2.28. The van der Waals surface area contributed by atoms with E-state index in [4.69, 9.17) is 10.5 Å². The Hall–Kier alpha value is -2.65. The topological polar surface area (TPSA) is 126 Å². The Morgan fingerprint density at radius 1 is 1.24 bits per heavy atom. The Morgan fingerprint density at radius 2 is 2.00 bits per heavy atom. The molecule has 0 spiro atoms. The van der Waals surface area contributed by atoms with Gasteiger partial charge in [-0.2, -0.15) is 0 Å². The standard InChI is InChI=1S/C20H27N5O4/c1-29-15-6-7-16-12(8-15)9-25(17(16)26)11-20(18(27)23-19(28)24-20)10-22-14-4-2-13(21)3-5-14/h6-8,13-14,22H,2-5,9-11,21H2,1H3,(H2,23,24,27,28)/t13-,14-,20?. The molecule has 29 heavy (non-hydrogen) atoms. The van der Waals surface area contributed by atoms with Gasteiger partial charge in [-0.25, -0.2) is 4.79 Å². The van der Waals surface area contributed by atoms with E-state index in [2.05, 4.69) is 16.0 Å². The number of ether oxygens (including phenoxy) is 1. The number of nitrogens with one attached hydrogen (secondary N) is 3. The molecule has 2 fully saturated rings. The molecule has 3 aliphatic rings. The molecule has 0 radical (unpaired) electrons. The van der Waals surface area contributed by atoms with Crippen LogP contribution in [0.25, 0.3) is 0 Å². The highest BCUT2D eigenvalue weighted by Gasteiger charge is 2.49. The monoisotopic (exact) mass is 401 g/mol. The lowest BCUT2D eigenvalue weighted by Gasteiger charge is -2.34. The molecule has 4 amide bonds. The molecule has 2 aliphatic heterocycles. The number of urea groups is 1. The van der Waals surface area contributed by atoms with E-state index in [-0.39, 0.29) is 31.1 Å². The van der Waals surface area contributed by atoms with E-state index in [1.54, 1.807) is 24.1 Å². The van der Waals surface area contributed by atoms with Crippen LogP contribution in [0.4, 0.5) is 4.79 Å². The molecule has 1 unspecified atom stereocenters. The van der Waals surface area contributed by atoms with Gasteiger partial charge in [-0.15, -0.1) is 0 Å². The van der Waals surface area contributed by atoms with Gasteiger partial charge < -0.3 is 26.0 Å². The summed E-state index contributed by atoms with van der Waals surface area (Å²) in [7, 11) is 1.58. The summed E-state index contributed by atoms with van der Waals surface area (Å²) in [5, 5.41) is 8.50. The number of benzene rings is 1. The van der Waals surface area contributed by atoms with Crippen molar-refractivity contribution in [2.24, 2.45) is 5.73 Å². The van der Waals surface area contributed by atoms with Gasteiger partial charge >= 0.3 is 6.03 Å². The molecule has 5 N–H and O–H groups in total. The average Bonchev–Trinajstić information content (AvgIpc) is 3.16. The first kappa shape index (κ1) is 19.7. The molecule has 9 nitrogen and oxygen atoms in total. The number of imide groups is 1. The van der Waals surface area contributed by atoms with Crippen LogP contribution in [0, 0.1) is 0 Å². The number of rotatable bonds is 6. The summed E-state index contributed by atoms with van der Waals surface area (Å²) < 4.78 is 5.24. The zero-order chi connectivity index (χ0) is 20.6. The summed E-state index contributed by atoms with van der Waals surface area (Å²) >= 11 is 0. The fourth-order valence-electron chi connectivity index (χ4n) is 4.40. The van der Waals surface area contributed by atoms with Gasteiger partial charge in [0.25, 0.3) is 11.8 Å². The quantitative estimate of drug-likeness (QED) is 0.501. The van der Waals surface area contributed by atoms with Crippen LogP contribution in [0.1, 0.15) is 41.6 Å². The highest BCUT2D eigenvalue weighted by molar-refractivity contribution is 6.08. The number of hydrogen-bond acceptors (Lipinski definition) is 6. The average molecular weight is 401 g/mol. The third-order valence-electron chi connectivity index (χ3n) is 6.13. The SMILES string of the molecule is COc1ccc2c(c1)CN(CC1(CN[C@H]3CC[C@H](N)CC3)NC(=O)NC1=O)C2=O. The summed E-state index contributed by atoms with van der Waals surface area (Å²) in [5.74, 6) is 0.112. The van der Waals surface area contributed by atoms with Gasteiger partial charge in [-0.1, -0.05) is 0 Å². The molecule has 156 valence electrons. The number of fused-ring (bicyclic) bond motifs is 1. The number of nitrogens with zero attached hydrogens (tertiary/aromatic N) is 1. The summed E-state index contributed by atoms with van der Waals surface area (Å²) in [6.45, 7) is 0.724. The van der Waals surface area contributed by atoms with Crippen LogP contribution in [0.2, 0.25) is 0 Å².